The van der Waals surface area contributed by atoms with Crippen LogP contribution in [0.1, 0.15) is 44.2 Å². The number of esters is 1. The first-order valence-corrected chi connectivity index (χ1v) is 18.6. The van der Waals surface area contributed by atoms with Crippen molar-refractivity contribution < 1.29 is 55.9 Å². The van der Waals surface area contributed by atoms with E-state index in [1.807, 2.05) is 6.20 Å². The molecule has 0 aliphatic carbocycles. The van der Waals surface area contributed by atoms with Gasteiger partial charge in [0, 0.05) is 56.9 Å². The highest BCUT2D eigenvalue weighted by Crippen LogP contribution is 2.33. The van der Waals surface area contributed by atoms with Gasteiger partial charge < -0.3 is 48.1 Å². The number of nitrogens with one attached hydrogen (secondary N) is 1. The van der Waals surface area contributed by atoms with E-state index < -0.39 is 29.2 Å². The molecule has 14 nitrogen and oxygen atoms in total. The van der Waals surface area contributed by atoms with Gasteiger partial charge in [0.25, 0.3) is 0 Å². The van der Waals surface area contributed by atoms with Crippen molar-refractivity contribution in [3.63, 3.8) is 0 Å². The van der Waals surface area contributed by atoms with Crippen molar-refractivity contribution in [2.75, 3.05) is 119 Å². The van der Waals surface area contributed by atoms with Gasteiger partial charge in [-0.3, -0.25) is 4.79 Å². The van der Waals surface area contributed by atoms with Gasteiger partial charge in [-0.15, -0.1) is 5.10 Å². The molecule has 2 aliphatic heterocycles. The summed E-state index contributed by atoms with van der Waals surface area (Å²) in [4.78, 5) is 14.3. The Hall–Kier alpha value is -2.74. The summed E-state index contributed by atoms with van der Waals surface area (Å²) < 4.78 is 85.4. The number of piperidine rings is 1. The topological polar surface area (TPSA) is 137 Å². The fraction of sp³-hybridized carbons (Fsp3) is 0.750. The van der Waals surface area contributed by atoms with Crippen molar-refractivity contribution in [3.8, 4) is 5.75 Å². The minimum Gasteiger partial charge on any atom is -0.420 e. The molecule has 2 saturated heterocycles. The van der Waals surface area contributed by atoms with Crippen LogP contribution < -0.4 is 10.1 Å². The summed E-state index contributed by atoms with van der Waals surface area (Å²) in [5.74, 6) is -5.49. The molecule has 300 valence electrons. The number of hydrogen-bond acceptors (Lipinski definition) is 13. The van der Waals surface area contributed by atoms with Crippen LogP contribution in [0, 0.1) is 22.9 Å². The molecule has 3 heterocycles. The van der Waals surface area contributed by atoms with Gasteiger partial charge in [-0.1, -0.05) is 5.21 Å². The molecule has 0 amide bonds. The average molecular weight is 760 g/mol. The molecule has 4 rings (SSSR count). The zero-order valence-electron chi connectivity index (χ0n) is 30.7. The highest BCUT2D eigenvalue weighted by atomic mass is 19.1. The second-order valence-electron chi connectivity index (χ2n) is 13.2. The summed E-state index contributed by atoms with van der Waals surface area (Å²) in [5, 5.41) is 11.7. The number of nitrogens with zero attached hydrogens (tertiary/aromatic N) is 4. The Balaban J connectivity index is 0.836. The van der Waals surface area contributed by atoms with E-state index in [2.05, 4.69) is 25.3 Å². The van der Waals surface area contributed by atoms with E-state index in [-0.39, 0.29) is 19.6 Å². The van der Waals surface area contributed by atoms with Crippen LogP contribution in [0.2, 0.25) is 0 Å². The molecule has 2 fully saturated rings. The van der Waals surface area contributed by atoms with Gasteiger partial charge in [0.2, 0.25) is 5.75 Å². The molecule has 17 heteroatoms. The predicted molar refractivity (Wildman–Crippen MR) is 186 cm³/mol. The van der Waals surface area contributed by atoms with E-state index in [0.29, 0.717) is 96.8 Å². The van der Waals surface area contributed by atoms with Gasteiger partial charge >= 0.3 is 5.97 Å². The lowest BCUT2D eigenvalue weighted by molar-refractivity contribution is -0.136. The van der Waals surface area contributed by atoms with Crippen molar-refractivity contribution in [1.29, 1.82) is 0 Å². The van der Waals surface area contributed by atoms with E-state index in [0.717, 1.165) is 51.2 Å². The van der Waals surface area contributed by atoms with Crippen LogP contribution in [-0.4, -0.2) is 144 Å². The van der Waals surface area contributed by atoms with Crippen molar-refractivity contribution in [3.05, 3.63) is 41.5 Å². The molecule has 2 aliphatic rings. The number of rotatable bonds is 30. The largest absolute Gasteiger partial charge is 0.420 e. The summed E-state index contributed by atoms with van der Waals surface area (Å²) in [6.45, 7) is 12.8. The number of hydrogen-bond donors (Lipinski definition) is 1. The van der Waals surface area contributed by atoms with E-state index in [4.69, 9.17) is 33.2 Å². The van der Waals surface area contributed by atoms with Crippen LogP contribution in [0.15, 0.2) is 18.3 Å². The zero-order chi connectivity index (χ0) is 37.4. The molecule has 1 aromatic heterocycles. The van der Waals surface area contributed by atoms with E-state index in [1.54, 1.807) is 4.68 Å². The Bertz CT molecular complexity index is 1280. The van der Waals surface area contributed by atoms with Gasteiger partial charge in [-0.05, 0) is 38.6 Å². The van der Waals surface area contributed by atoms with Gasteiger partial charge in [0.1, 0.15) is 11.5 Å². The van der Waals surface area contributed by atoms with Crippen molar-refractivity contribution >= 4 is 5.97 Å². The lowest BCUT2D eigenvalue weighted by Gasteiger charge is -2.49. The fourth-order valence-corrected chi connectivity index (χ4v) is 5.93. The quantitative estimate of drug-likeness (QED) is 0.0711. The smallest absolute Gasteiger partial charge is 0.313 e. The highest BCUT2D eigenvalue weighted by molar-refractivity contribution is 5.72. The normalized spacial score (nSPS) is 15.6. The second kappa shape index (κ2) is 25.4. The Morgan fingerprint density at radius 3 is 1.98 bits per heavy atom. The summed E-state index contributed by atoms with van der Waals surface area (Å²) in [5.41, 5.74) is 1.27. The summed E-state index contributed by atoms with van der Waals surface area (Å²) in [6.07, 6.45) is 6.97. The van der Waals surface area contributed by atoms with E-state index in [1.165, 1.54) is 25.9 Å². The van der Waals surface area contributed by atoms with Gasteiger partial charge in [0.15, 0.2) is 11.6 Å². The average Bonchev–Trinajstić information content (AvgIpc) is 3.58. The third kappa shape index (κ3) is 17.5. The van der Waals surface area contributed by atoms with Crippen molar-refractivity contribution in [2.24, 2.45) is 5.41 Å². The van der Waals surface area contributed by atoms with Crippen LogP contribution in [0.4, 0.5) is 13.2 Å². The molecule has 53 heavy (non-hydrogen) atoms. The van der Waals surface area contributed by atoms with Crippen LogP contribution in [0.5, 0.6) is 5.75 Å². The fourth-order valence-electron chi connectivity index (χ4n) is 5.93. The van der Waals surface area contributed by atoms with Gasteiger partial charge in [0.05, 0.1) is 98.4 Å². The minimum atomic E-state index is -1.29. The summed E-state index contributed by atoms with van der Waals surface area (Å²) in [7, 11) is 0. The first-order valence-electron chi connectivity index (χ1n) is 18.6. The molecule has 0 unspecified atom stereocenters. The maximum Gasteiger partial charge on any atom is 0.313 e. The molecule has 2 aromatic rings. The Kier molecular flexibility index (Phi) is 20.6. The number of benzene rings is 1. The summed E-state index contributed by atoms with van der Waals surface area (Å²) >= 11 is 0. The Morgan fingerprint density at radius 1 is 0.736 bits per heavy atom. The number of likely N-dealkylation sites (tertiary alicyclic amines) is 1. The monoisotopic (exact) mass is 759 g/mol. The molecular weight excluding hydrogens is 703 g/mol. The lowest BCUT2D eigenvalue weighted by atomic mass is 9.75. The number of aromatic nitrogens is 3. The van der Waals surface area contributed by atoms with E-state index >= 15 is 0 Å². The minimum absolute atomic E-state index is 0.00434. The van der Waals surface area contributed by atoms with Gasteiger partial charge in [-0.2, -0.15) is 0 Å². The number of unbranched alkanes of at least 4 members (excludes halogenated alkanes) is 2. The Labute approximate surface area is 309 Å². The molecule has 1 spiro atoms. The van der Waals surface area contributed by atoms with Crippen molar-refractivity contribution in [1.82, 2.24) is 25.2 Å². The number of ether oxygens (including phenoxy) is 8. The van der Waals surface area contributed by atoms with Crippen LogP contribution in [-0.2, 0) is 51.1 Å². The van der Waals surface area contributed by atoms with Crippen molar-refractivity contribution in [2.45, 2.75) is 51.7 Å². The molecule has 0 atom stereocenters. The van der Waals surface area contributed by atoms with Crippen LogP contribution in [0.3, 0.4) is 0 Å². The lowest BCUT2D eigenvalue weighted by Crippen LogP contribution is -2.61. The SMILES string of the molecule is O=C(CCOCCOCCCCCOCCn1cc(COCCOCCOCCOCCN2CCCC3(CNC3)C2)nn1)Oc1c(F)cc(F)cc1F. The number of carbonyl (C=O) groups excluding carboxylic acids is 1. The Morgan fingerprint density at radius 2 is 1.32 bits per heavy atom. The molecule has 0 saturated carbocycles. The summed E-state index contributed by atoms with van der Waals surface area (Å²) in [6, 6.07) is 0.877. The predicted octanol–water partition coefficient (Wildman–Crippen LogP) is 3.16. The highest BCUT2D eigenvalue weighted by Gasteiger charge is 2.40. The molecule has 0 radical (unpaired) electrons. The zero-order valence-corrected chi connectivity index (χ0v) is 30.7. The second-order valence-corrected chi connectivity index (χ2v) is 13.2. The van der Waals surface area contributed by atoms with Gasteiger partial charge in [-0.25, -0.2) is 17.9 Å². The number of carbonyl (C=O) groups is 1. The first-order chi connectivity index (χ1) is 25.9. The first kappa shape index (κ1) is 43.0. The maximum atomic E-state index is 13.5. The molecular formula is C36H56F3N5O9. The number of halogens is 3. The standard InChI is InChI=1S/C36H56F3N5O9/c37-30-23-32(38)35(33(39)24-30)53-34(45)5-12-48-16-15-47-11-3-1-2-10-46-14-9-44-25-31(41-42-44)26-52-22-21-51-20-19-50-18-17-49-13-8-43-7-4-6-36(29-43)27-40-28-36/h23-25,40H,1-22,26-29H2. The molecule has 1 N–H and O–H groups in total. The van der Waals surface area contributed by atoms with Crippen LogP contribution in [0.25, 0.3) is 0 Å². The third-order valence-corrected chi connectivity index (χ3v) is 8.79. The van der Waals surface area contributed by atoms with E-state index in [9.17, 15) is 18.0 Å². The maximum absolute atomic E-state index is 13.5. The van der Waals surface area contributed by atoms with Crippen LogP contribution >= 0.6 is 0 Å². The molecule has 1 aromatic carbocycles. The molecule has 0 bridgehead atoms. The third-order valence-electron chi connectivity index (χ3n) is 8.79.